The fourth-order valence-corrected chi connectivity index (χ4v) is 5.81. The Morgan fingerprint density at radius 2 is 1.79 bits per heavy atom. The summed E-state index contributed by atoms with van der Waals surface area (Å²) in [6.07, 6.45) is 0.454. The van der Waals surface area contributed by atoms with Gasteiger partial charge in [-0.1, -0.05) is 36.3 Å². The molecule has 0 bridgehead atoms. The molecule has 7 heteroatoms. The number of hydrogen-bond acceptors (Lipinski definition) is 6. The van der Waals surface area contributed by atoms with Crippen LogP contribution in [-0.4, -0.2) is 32.4 Å². The van der Waals surface area contributed by atoms with Crippen LogP contribution in [-0.2, 0) is 28.6 Å². The zero-order valence-corrected chi connectivity index (χ0v) is 16.7. The predicted octanol–water partition coefficient (Wildman–Crippen LogP) is 2.80. The van der Waals surface area contributed by atoms with Gasteiger partial charge >= 0.3 is 5.97 Å². The van der Waals surface area contributed by atoms with Crippen molar-refractivity contribution >= 4 is 21.9 Å². The van der Waals surface area contributed by atoms with Crippen LogP contribution < -0.4 is 0 Å². The number of carbonyl (C=O) groups is 2. The lowest BCUT2D eigenvalue weighted by Crippen LogP contribution is -2.38. The van der Waals surface area contributed by atoms with Crippen LogP contribution in [0.2, 0.25) is 0 Å². The van der Waals surface area contributed by atoms with Crippen molar-refractivity contribution in [2.45, 2.75) is 44.3 Å². The Morgan fingerprint density at radius 3 is 2.46 bits per heavy atom. The molecule has 1 fully saturated rings. The first-order chi connectivity index (χ1) is 13.2. The number of fused-ring (bicyclic) bond motifs is 3. The van der Waals surface area contributed by atoms with Gasteiger partial charge in [0.1, 0.15) is 6.10 Å². The van der Waals surface area contributed by atoms with Crippen LogP contribution in [0.4, 0.5) is 0 Å². The molecule has 0 spiro atoms. The molecule has 1 heterocycles. The highest BCUT2D eigenvalue weighted by atomic mass is 32.2. The molecule has 28 heavy (non-hydrogen) atoms. The summed E-state index contributed by atoms with van der Waals surface area (Å²) >= 11 is 0. The van der Waals surface area contributed by atoms with Crippen molar-refractivity contribution < 1.29 is 26.9 Å². The molecule has 1 aliphatic heterocycles. The van der Waals surface area contributed by atoms with Gasteiger partial charge in [-0.2, -0.15) is 8.42 Å². The van der Waals surface area contributed by atoms with E-state index in [0.29, 0.717) is 5.57 Å². The zero-order valence-electron chi connectivity index (χ0n) is 15.9. The largest absolute Gasteiger partial charge is 0.461 e. The van der Waals surface area contributed by atoms with E-state index in [-0.39, 0.29) is 29.0 Å². The summed E-state index contributed by atoms with van der Waals surface area (Å²) in [4.78, 5) is 24.9. The van der Waals surface area contributed by atoms with Crippen molar-refractivity contribution in [3.05, 3.63) is 53.1 Å². The number of benzene rings is 1. The monoisotopic (exact) mass is 402 g/mol. The third-order valence-electron chi connectivity index (χ3n) is 6.01. The van der Waals surface area contributed by atoms with E-state index in [2.05, 4.69) is 0 Å². The lowest BCUT2D eigenvalue weighted by molar-refractivity contribution is -0.144. The highest BCUT2D eigenvalue weighted by molar-refractivity contribution is 7.86. The quantitative estimate of drug-likeness (QED) is 0.571. The van der Waals surface area contributed by atoms with Crippen molar-refractivity contribution in [3.63, 3.8) is 0 Å². The maximum Gasteiger partial charge on any atom is 0.309 e. The van der Waals surface area contributed by atoms with Crippen LogP contribution in [0, 0.1) is 17.8 Å². The molecular formula is C21H22O6S. The number of ether oxygens (including phenoxy) is 1. The molecule has 1 saturated heterocycles. The molecular weight excluding hydrogens is 380 g/mol. The SMILES string of the molecule is CC1=CC(=O)C2=C(C)C[C@H](OS(=O)(=O)c3ccccc3)[C@H]3[C@H](OC(=O)[C@@H]3C)[C@@H]12. The van der Waals surface area contributed by atoms with E-state index in [4.69, 9.17) is 8.92 Å². The maximum absolute atomic E-state index is 12.8. The molecule has 148 valence electrons. The Bertz CT molecular complexity index is 1000. The summed E-state index contributed by atoms with van der Waals surface area (Å²) in [5.74, 6) is -1.79. The minimum atomic E-state index is -4.02. The van der Waals surface area contributed by atoms with Crippen molar-refractivity contribution in [1.82, 2.24) is 0 Å². The second-order valence-electron chi connectivity index (χ2n) is 7.80. The third kappa shape index (κ3) is 2.93. The number of rotatable bonds is 3. The second kappa shape index (κ2) is 6.67. The summed E-state index contributed by atoms with van der Waals surface area (Å²) in [5, 5.41) is 0. The van der Waals surface area contributed by atoms with Gasteiger partial charge in [0.2, 0.25) is 0 Å². The Kier molecular flexibility index (Phi) is 4.55. The van der Waals surface area contributed by atoms with Gasteiger partial charge in [0.15, 0.2) is 5.78 Å². The lowest BCUT2D eigenvalue weighted by Gasteiger charge is -2.29. The molecule has 0 amide bonds. The Labute approximate surface area is 164 Å². The molecule has 2 aliphatic carbocycles. The van der Waals surface area contributed by atoms with Gasteiger partial charge in [0, 0.05) is 17.4 Å². The van der Waals surface area contributed by atoms with Gasteiger partial charge in [-0.05, 0) is 38.5 Å². The smallest absolute Gasteiger partial charge is 0.309 e. The topological polar surface area (TPSA) is 86.7 Å². The van der Waals surface area contributed by atoms with Crippen LogP contribution in [0.3, 0.4) is 0 Å². The fraction of sp³-hybridized carbons (Fsp3) is 0.429. The highest BCUT2D eigenvalue weighted by Gasteiger charge is 2.55. The van der Waals surface area contributed by atoms with Gasteiger partial charge in [0.05, 0.1) is 16.9 Å². The van der Waals surface area contributed by atoms with Crippen LogP contribution in [0.15, 0.2) is 58.0 Å². The summed E-state index contributed by atoms with van der Waals surface area (Å²) in [6.45, 7) is 5.40. The maximum atomic E-state index is 12.8. The molecule has 5 atom stereocenters. The van der Waals surface area contributed by atoms with Gasteiger partial charge in [-0.25, -0.2) is 0 Å². The predicted molar refractivity (Wildman–Crippen MR) is 101 cm³/mol. The molecule has 0 unspecified atom stereocenters. The van der Waals surface area contributed by atoms with E-state index in [1.807, 2.05) is 13.8 Å². The third-order valence-corrected chi connectivity index (χ3v) is 7.36. The molecule has 1 aromatic rings. The molecule has 4 rings (SSSR count). The number of ketones is 1. The van der Waals surface area contributed by atoms with Crippen molar-refractivity contribution in [2.75, 3.05) is 0 Å². The fourth-order valence-electron chi connectivity index (χ4n) is 4.69. The minimum absolute atomic E-state index is 0.0614. The normalized spacial score (nSPS) is 32.5. The molecule has 0 N–H and O–H groups in total. The lowest BCUT2D eigenvalue weighted by atomic mass is 9.80. The average Bonchev–Trinajstić information content (AvgIpc) is 3.05. The standard InChI is InChI=1S/C21H22O6S/c1-11-9-15(22)17-12(2)10-16(19-13(3)21(23)26-20(19)18(11)17)27-28(24,25)14-7-5-4-6-8-14/h4-9,13,16,18-20H,10H2,1-3H3/t13-,16+,18+,19+,20-/m1/s1. The van der Waals surface area contributed by atoms with E-state index in [1.54, 1.807) is 31.2 Å². The van der Waals surface area contributed by atoms with E-state index in [1.165, 1.54) is 12.1 Å². The van der Waals surface area contributed by atoms with E-state index in [0.717, 1.165) is 11.1 Å². The average molecular weight is 402 g/mol. The van der Waals surface area contributed by atoms with Crippen LogP contribution in [0.1, 0.15) is 27.2 Å². The number of esters is 1. The summed E-state index contributed by atoms with van der Waals surface area (Å²) in [5.41, 5.74) is 2.23. The van der Waals surface area contributed by atoms with Gasteiger partial charge in [-0.15, -0.1) is 0 Å². The second-order valence-corrected chi connectivity index (χ2v) is 9.37. The summed E-state index contributed by atoms with van der Waals surface area (Å²) < 4.78 is 37.0. The first-order valence-corrected chi connectivity index (χ1v) is 10.7. The Hall–Kier alpha value is -2.25. The summed E-state index contributed by atoms with van der Waals surface area (Å²) in [6, 6.07) is 7.92. The van der Waals surface area contributed by atoms with Crippen LogP contribution >= 0.6 is 0 Å². The Balaban J connectivity index is 1.76. The number of hydrogen-bond donors (Lipinski definition) is 0. The van der Waals surface area contributed by atoms with Crippen molar-refractivity contribution in [2.24, 2.45) is 17.8 Å². The molecule has 3 aliphatic rings. The van der Waals surface area contributed by atoms with Crippen molar-refractivity contribution in [1.29, 1.82) is 0 Å². The first-order valence-electron chi connectivity index (χ1n) is 9.31. The Morgan fingerprint density at radius 1 is 1.11 bits per heavy atom. The van der Waals surface area contributed by atoms with Crippen LogP contribution in [0.5, 0.6) is 0 Å². The number of carbonyl (C=O) groups excluding carboxylic acids is 2. The highest BCUT2D eigenvalue weighted by Crippen LogP contribution is 2.49. The van der Waals surface area contributed by atoms with Gasteiger partial charge < -0.3 is 4.74 Å². The molecule has 6 nitrogen and oxygen atoms in total. The van der Waals surface area contributed by atoms with E-state index >= 15 is 0 Å². The molecule has 1 aromatic carbocycles. The van der Waals surface area contributed by atoms with Crippen molar-refractivity contribution in [3.8, 4) is 0 Å². The van der Waals surface area contributed by atoms with Gasteiger partial charge in [-0.3, -0.25) is 13.8 Å². The molecule has 0 radical (unpaired) electrons. The molecule has 0 saturated carbocycles. The number of allylic oxidation sites excluding steroid dienone is 1. The van der Waals surface area contributed by atoms with Crippen LogP contribution in [0.25, 0.3) is 0 Å². The molecule has 0 aromatic heterocycles. The summed E-state index contributed by atoms with van der Waals surface area (Å²) in [7, 11) is -4.02. The van der Waals surface area contributed by atoms with E-state index in [9.17, 15) is 18.0 Å². The van der Waals surface area contributed by atoms with Gasteiger partial charge in [0.25, 0.3) is 10.1 Å². The zero-order chi connectivity index (χ0) is 20.2. The first kappa shape index (κ1) is 19.1. The minimum Gasteiger partial charge on any atom is -0.461 e. The van der Waals surface area contributed by atoms with E-state index < -0.39 is 34.2 Å².